The van der Waals surface area contributed by atoms with Gasteiger partial charge in [0.1, 0.15) is 17.5 Å². The molecule has 0 unspecified atom stereocenters. The maximum absolute atomic E-state index is 13.3. The predicted molar refractivity (Wildman–Crippen MR) is 128 cm³/mol. The first-order valence-electron chi connectivity index (χ1n) is 11.2. The van der Waals surface area contributed by atoms with Crippen LogP contribution < -0.4 is 25.1 Å². The average molecular weight is 517 g/mol. The molecule has 2 aromatic rings. The lowest BCUT2D eigenvalue weighted by molar-refractivity contribution is -0.130. The molecular formula is C22H25BN3O9P. The predicted octanol–water partition coefficient (Wildman–Crippen LogP) is 0.0240. The third-order valence-electron chi connectivity index (χ3n) is 6.00. The summed E-state index contributed by atoms with van der Waals surface area (Å²) in [5.74, 6) is -2.88. The maximum Gasteiger partial charge on any atom is 0.547 e. The van der Waals surface area contributed by atoms with Gasteiger partial charge < -0.3 is 45.0 Å². The molecule has 14 heteroatoms. The Hall–Kier alpha value is -3.22. The molecule has 12 nitrogen and oxygen atoms in total. The van der Waals surface area contributed by atoms with Crippen LogP contribution in [-0.2, 0) is 16.0 Å². The molecule has 0 spiro atoms. The lowest BCUT2D eigenvalue weighted by Crippen LogP contribution is -2.56. The standard InChI is InChI=1S/C22H25BN3O9P/c27-20(16-5-2-10-24-16)26-18(12-6-8-14(9-7-12)35-36(32)33)21(28)25-17-11-13-3-1-4-15(22(29)30)19(13)34-23(17)31/h1,3-4,6-9,16-18,24,31-33H,2,5,10-11H2,(H,25,28)(H,26,27)(H,29,30)/t16-,17-,18+/m0/s1. The quantitative estimate of drug-likeness (QED) is 0.186. The highest BCUT2D eigenvalue weighted by atomic mass is 31.2. The van der Waals surface area contributed by atoms with Crippen LogP contribution in [0.5, 0.6) is 11.5 Å². The molecule has 36 heavy (non-hydrogen) atoms. The van der Waals surface area contributed by atoms with Crippen molar-refractivity contribution in [2.24, 2.45) is 0 Å². The van der Waals surface area contributed by atoms with Gasteiger partial charge in [0.2, 0.25) is 11.8 Å². The number of rotatable bonds is 8. The zero-order chi connectivity index (χ0) is 25.8. The first-order chi connectivity index (χ1) is 17.2. The second kappa shape index (κ2) is 11.2. The van der Waals surface area contributed by atoms with Crippen molar-refractivity contribution in [3.63, 3.8) is 0 Å². The van der Waals surface area contributed by atoms with Crippen molar-refractivity contribution in [3.05, 3.63) is 59.2 Å². The van der Waals surface area contributed by atoms with Gasteiger partial charge >= 0.3 is 21.7 Å². The summed E-state index contributed by atoms with van der Waals surface area (Å²) in [5, 5.41) is 28.4. The first-order valence-corrected chi connectivity index (χ1v) is 12.4. The summed E-state index contributed by atoms with van der Waals surface area (Å²) in [6.45, 7) is 0.690. The molecule has 0 bridgehead atoms. The number of aromatic carboxylic acids is 1. The molecule has 2 aliphatic rings. The number of fused-ring (bicyclic) bond motifs is 1. The topological polar surface area (TPSA) is 187 Å². The third kappa shape index (κ3) is 5.94. The number of benzene rings is 2. The fourth-order valence-electron chi connectivity index (χ4n) is 4.25. The Kier molecular flexibility index (Phi) is 8.07. The molecule has 7 N–H and O–H groups in total. The van der Waals surface area contributed by atoms with Crippen molar-refractivity contribution in [1.29, 1.82) is 0 Å². The van der Waals surface area contributed by atoms with Crippen LogP contribution in [0.1, 0.15) is 40.4 Å². The van der Waals surface area contributed by atoms with E-state index in [0.717, 1.165) is 6.42 Å². The number of hydrogen-bond donors (Lipinski definition) is 7. The fourth-order valence-corrected chi connectivity index (χ4v) is 4.56. The van der Waals surface area contributed by atoms with Crippen LogP contribution in [0, 0.1) is 0 Å². The monoisotopic (exact) mass is 517 g/mol. The average Bonchev–Trinajstić information content (AvgIpc) is 3.38. The van der Waals surface area contributed by atoms with E-state index in [9.17, 15) is 24.5 Å². The number of nitrogens with one attached hydrogen (secondary N) is 3. The Balaban J connectivity index is 1.54. The Morgan fingerprint density at radius 3 is 2.56 bits per heavy atom. The minimum atomic E-state index is -2.61. The zero-order valence-corrected chi connectivity index (χ0v) is 19.9. The molecule has 3 atom stereocenters. The molecule has 0 aliphatic carbocycles. The largest absolute Gasteiger partial charge is 0.547 e. The Morgan fingerprint density at radius 1 is 1.17 bits per heavy atom. The summed E-state index contributed by atoms with van der Waals surface area (Å²) in [4.78, 5) is 55.7. The highest BCUT2D eigenvalue weighted by Crippen LogP contribution is 2.31. The van der Waals surface area contributed by atoms with E-state index < -0.39 is 45.6 Å². The van der Waals surface area contributed by atoms with Crippen molar-refractivity contribution in [2.75, 3.05) is 6.54 Å². The number of carbonyl (C=O) groups is 3. The van der Waals surface area contributed by atoms with Crippen LogP contribution in [0.15, 0.2) is 42.5 Å². The van der Waals surface area contributed by atoms with Gasteiger partial charge in [0.15, 0.2) is 0 Å². The number of carbonyl (C=O) groups excluding carboxylic acids is 2. The molecule has 190 valence electrons. The van der Waals surface area contributed by atoms with Crippen molar-refractivity contribution in [1.82, 2.24) is 16.0 Å². The fraction of sp³-hybridized carbons (Fsp3) is 0.318. The molecule has 0 aromatic heterocycles. The van der Waals surface area contributed by atoms with Crippen LogP contribution in [0.2, 0.25) is 0 Å². The molecule has 2 amide bonds. The van der Waals surface area contributed by atoms with Crippen LogP contribution in [0.25, 0.3) is 0 Å². The van der Waals surface area contributed by atoms with Gasteiger partial charge in [-0.3, -0.25) is 9.59 Å². The molecule has 2 heterocycles. The lowest BCUT2D eigenvalue weighted by Gasteiger charge is -2.30. The summed E-state index contributed by atoms with van der Waals surface area (Å²) in [6.07, 6.45) is 1.56. The van der Waals surface area contributed by atoms with E-state index in [1.807, 2.05) is 0 Å². The second-order valence-corrected chi connectivity index (χ2v) is 9.12. The first kappa shape index (κ1) is 25.9. The van der Waals surface area contributed by atoms with E-state index in [0.29, 0.717) is 24.1 Å². The maximum atomic E-state index is 13.3. The molecular weight excluding hydrogens is 492 g/mol. The summed E-state index contributed by atoms with van der Waals surface area (Å²) < 4.78 is 10.3. The summed E-state index contributed by atoms with van der Waals surface area (Å²) in [7, 11) is -4.13. The van der Waals surface area contributed by atoms with Gasteiger partial charge in [-0.2, -0.15) is 0 Å². The van der Waals surface area contributed by atoms with E-state index in [4.69, 9.17) is 19.0 Å². The minimum absolute atomic E-state index is 0.0449. The minimum Gasteiger partial charge on any atom is -0.534 e. The van der Waals surface area contributed by atoms with Gasteiger partial charge in [-0.25, -0.2) is 4.79 Å². The number of para-hydroxylation sites is 1. The molecule has 0 radical (unpaired) electrons. The Bertz CT molecular complexity index is 1130. The molecule has 2 aliphatic heterocycles. The zero-order valence-electron chi connectivity index (χ0n) is 19.0. The van der Waals surface area contributed by atoms with Gasteiger partial charge in [-0.15, -0.1) is 0 Å². The highest BCUT2D eigenvalue weighted by molar-refractivity contribution is 7.39. The SMILES string of the molecule is O=C(O)c1cccc2c1OB(O)[C@@H](NC(=O)[C@H](NC(=O)[C@@H]1CCCN1)c1ccc(OP(O)O)cc1)C2. The van der Waals surface area contributed by atoms with Crippen molar-refractivity contribution in [2.45, 2.75) is 37.3 Å². The van der Waals surface area contributed by atoms with Crippen LogP contribution in [0.4, 0.5) is 0 Å². The summed E-state index contributed by atoms with van der Waals surface area (Å²) in [6, 6.07) is 8.84. The van der Waals surface area contributed by atoms with Gasteiger partial charge in [-0.1, -0.05) is 24.3 Å². The number of hydrogen-bond acceptors (Lipinski definition) is 9. The Labute approximate surface area is 207 Å². The number of carboxylic acid groups (broad SMARTS) is 1. The van der Waals surface area contributed by atoms with Crippen LogP contribution in [0.3, 0.4) is 0 Å². The molecule has 2 aromatic carbocycles. The van der Waals surface area contributed by atoms with Gasteiger partial charge in [0.05, 0.1) is 17.5 Å². The van der Waals surface area contributed by atoms with Gasteiger partial charge in [0.25, 0.3) is 0 Å². The van der Waals surface area contributed by atoms with E-state index >= 15 is 0 Å². The van der Waals surface area contributed by atoms with Crippen molar-refractivity contribution in [3.8, 4) is 11.5 Å². The van der Waals surface area contributed by atoms with Crippen LogP contribution in [-0.4, -0.2) is 63.3 Å². The lowest BCUT2D eigenvalue weighted by atomic mass is 9.72. The molecule has 0 saturated carbocycles. The number of amides is 2. The van der Waals surface area contributed by atoms with E-state index in [1.165, 1.54) is 30.3 Å². The third-order valence-corrected chi connectivity index (χ3v) is 6.38. The summed E-state index contributed by atoms with van der Waals surface area (Å²) >= 11 is 0. The molecule has 4 rings (SSSR count). The van der Waals surface area contributed by atoms with E-state index in [-0.39, 0.29) is 29.4 Å². The highest BCUT2D eigenvalue weighted by Gasteiger charge is 2.39. The normalized spacial score (nSPS) is 19.7. The summed E-state index contributed by atoms with van der Waals surface area (Å²) in [5.41, 5.74) is 0.806. The smallest absolute Gasteiger partial charge is 0.534 e. The molecule has 1 fully saturated rings. The van der Waals surface area contributed by atoms with Crippen LogP contribution >= 0.6 is 8.60 Å². The van der Waals surface area contributed by atoms with E-state index in [1.54, 1.807) is 12.1 Å². The van der Waals surface area contributed by atoms with Gasteiger partial charge in [0, 0.05) is 0 Å². The van der Waals surface area contributed by atoms with Crippen molar-refractivity contribution >= 4 is 33.5 Å². The number of carboxylic acids is 1. The van der Waals surface area contributed by atoms with Gasteiger partial charge in [-0.05, 0) is 55.1 Å². The molecule has 1 saturated heterocycles. The second-order valence-electron chi connectivity index (χ2n) is 8.43. The Morgan fingerprint density at radius 2 is 1.92 bits per heavy atom. The van der Waals surface area contributed by atoms with E-state index in [2.05, 4.69) is 16.0 Å². The van der Waals surface area contributed by atoms with Crippen molar-refractivity contribution < 1.29 is 43.5 Å².